The van der Waals surface area contributed by atoms with Gasteiger partial charge in [-0.2, -0.15) is 0 Å². The Morgan fingerprint density at radius 1 is 0.590 bits per heavy atom. The molecule has 0 N–H and O–H groups in total. The van der Waals surface area contributed by atoms with Crippen LogP contribution < -0.4 is 17.0 Å². The summed E-state index contributed by atoms with van der Waals surface area (Å²) >= 11 is 0. The number of likely N-dealkylation sites (N-methyl/N-ethyl adjacent to an activating group) is 1. The molecule has 1 aromatic carbocycles. The molecule has 0 saturated heterocycles. The van der Waals surface area contributed by atoms with Crippen LogP contribution in [0.15, 0.2) is 30.3 Å². The summed E-state index contributed by atoms with van der Waals surface area (Å²) in [6.45, 7) is 7.02. The van der Waals surface area contributed by atoms with E-state index in [1.54, 1.807) is 12.1 Å². The molecule has 228 valence electrons. The quantitative estimate of drug-likeness (QED) is 0.0775. The zero-order chi connectivity index (χ0) is 27.6. The Labute approximate surface area is 251 Å². The summed E-state index contributed by atoms with van der Waals surface area (Å²) in [5.74, 6) is -0.310. The lowest BCUT2D eigenvalue weighted by Crippen LogP contribution is -3.00. The normalized spacial score (nSPS) is 11.4. The van der Waals surface area contributed by atoms with Crippen molar-refractivity contribution in [3.05, 3.63) is 35.9 Å². The molecule has 0 bridgehead atoms. The van der Waals surface area contributed by atoms with Gasteiger partial charge in [0.15, 0.2) is 0 Å². The van der Waals surface area contributed by atoms with E-state index in [4.69, 9.17) is 14.2 Å². The highest BCUT2D eigenvalue weighted by atomic mass is 79.9. The molecule has 0 atom stereocenters. The van der Waals surface area contributed by atoms with Crippen molar-refractivity contribution in [1.82, 2.24) is 0 Å². The number of esters is 1. The van der Waals surface area contributed by atoms with Gasteiger partial charge >= 0.3 is 5.97 Å². The van der Waals surface area contributed by atoms with Crippen molar-refractivity contribution in [3.63, 3.8) is 0 Å². The van der Waals surface area contributed by atoms with Crippen molar-refractivity contribution >= 4 is 5.97 Å². The number of hydrogen-bond acceptors (Lipinski definition) is 4. The predicted molar refractivity (Wildman–Crippen MR) is 160 cm³/mol. The number of carbonyl (C=O) groups excluding carboxylic acids is 1. The number of hydrogen-bond donors (Lipinski definition) is 0. The summed E-state index contributed by atoms with van der Waals surface area (Å²) in [6.07, 6.45) is 22.6. The summed E-state index contributed by atoms with van der Waals surface area (Å²) in [6, 6.07) is 9.02. The fourth-order valence-electron chi connectivity index (χ4n) is 4.68. The van der Waals surface area contributed by atoms with Crippen molar-refractivity contribution < 1.29 is 40.5 Å². The van der Waals surface area contributed by atoms with Crippen LogP contribution in [0.5, 0.6) is 0 Å². The molecule has 5 nitrogen and oxygen atoms in total. The molecule has 0 aliphatic heterocycles. The summed E-state index contributed by atoms with van der Waals surface area (Å²) in [5.41, 5.74) is 0.566. The van der Waals surface area contributed by atoms with Gasteiger partial charge in [0.25, 0.3) is 0 Å². The maximum absolute atomic E-state index is 11.8. The lowest BCUT2D eigenvalue weighted by atomic mass is 10.0. The van der Waals surface area contributed by atoms with E-state index in [0.717, 1.165) is 17.6 Å². The van der Waals surface area contributed by atoms with Crippen LogP contribution in [-0.2, 0) is 14.2 Å². The number of nitrogens with zero attached hydrogens (tertiary/aromatic N) is 1. The third kappa shape index (κ3) is 24.6. The molecule has 0 fully saturated rings. The van der Waals surface area contributed by atoms with Crippen LogP contribution in [0.25, 0.3) is 0 Å². The Morgan fingerprint density at radius 3 is 1.54 bits per heavy atom. The number of carbonyl (C=O) groups is 1. The fraction of sp³-hybridized carbons (Fsp3) is 0.788. The van der Waals surface area contributed by atoms with Gasteiger partial charge in [0.05, 0.1) is 52.6 Å². The van der Waals surface area contributed by atoms with E-state index >= 15 is 0 Å². The van der Waals surface area contributed by atoms with Gasteiger partial charge in [0, 0.05) is 0 Å². The second-order valence-corrected chi connectivity index (χ2v) is 11.4. The van der Waals surface area contributed by atoms with Gasteiger partial charge in [-0.25, -0.2) is 4.79 Å². The molecule has 0 aliphatic rings. The van der Waals surface area contributed by atoms with Gasteiger partial charge in [-0.05, 0) is 25.0 Å². The molecule has 0 heterocycles. The zero-order valence-corrected chi connectivity index (χ0v) is 27.2. The van der Waals surface area contributed by atoms with E-state index < -0.39 is 0 Å². The van der Waals surface area contributed by atoms with E-state index in [1.165, 1.54) is 109 Å². The number of halogens is 1. The number of benzene rings is 1. The van der Waals surface area contributed by atoms with E-state index in [2.05, 4.69) is 21.0 Å². The number of ether oxygens (including phenoxy) is 3. The van der Waals surface area contributed by atoms with Crippen LogP contribution in [0, 0.1) is 0 Å². The smallest absolute Gasteiger partial charge is 0.338 e. The standard InChI is InChI=1S/C33H60NO4.BrH/c1-4-5-6-7-8-9-10-11-12-13-14-15-16-17-18-22-25-34(2,3)26-27-36-28-29-37-30-31-38-33(35)32-23-20-19-21-24-32;/h19-21,23-24H,4-18,22,25-31H2,1-3H3;1H/q+1;/p-1. The van der Waals surface area contributed by atoms with E-state index in [9.17, 15) is 4.79 Å². The molecule has 0 aromatic heterocycles. The molecule has 1 rings (SSSR count). The summed E-state index contributed by atoms with van der Waals surface area (Å²) in [5, 5.41) is 0. The van der Waals surface area contributed by atoms with Crippen LogP contribution in [0.4, 0.5) is 0 Å². The average molecular weight is 615 g/mol. The summed E-state index contributed by atoms with van der Waals surface area (Å²) in [7, 11) is 4.60. The predicted octanol–water partition coefficient (Wildman–Crippen LogP) is 5.22. The minimum Gasteiger partial charge on any atom is -1.00 e. The number of unbranched alkanes of at least 4 members (excludes halogenated alkanes) is 15. The van der Waals surface area contributed by atoms with Crippen LogP contribution in [-0.4, -0.2) is 70.7 Å². The third-order valence-corrected chi connectivity index (χ3v) is 7.30. The Balaban J connectivity index is 0.0000144. The molecule has 1 aromatic rings. The zero-order valence-electron chi connectivity index (χ0n) is 25.6. The molecule has 0 saturated carbocycles. The summed E-state index contributed by atoms with van der Waals surface area (Å²) < 4.78 is 17.5. The van der Waals surface area contributed by atoms with Gasteiger partial charge < -0.3 is 35.7 Å². The first kappa shape index (κ1) is 38.0. The first-order valence-corrected chi connectivity index (χ1v) is 15.7. The van der Waals surface area contributed by atoms with Crippen molar-refractivity contribution in [1.29, 1.82) is 0 Å². The lowest BCUT2D eigenvalue weighted by Gasteiger charge is -2.29. The Kier molecular flexibility index (Phi) is 26.6. The molecule has 0 radical (unpaired) electrons. The molecule has 6 heteroatoms. The van der Waals surface area contributed by atoms with E-state index in [-0.39, 0.29) is 29.6 Å². The first-order valence-electron chi connectivity index (χ1n) is 15.7. The molecular formula is C33H60BrNO4. The van der Waals surface area contributed by atoms with Crippen molar-refractivity contribution in [2.45, 2.75) is 110 Å². The average Bonchev–Trinajstić information content (AvgIpc) is 2.92. The minimum atomic E-state index is -0.310. The number of rotatable bonds is 27. The van der Waals surface area contributed by atoms with Gasteiger partial charge in [-0.3, -0.25) is 0 Å². The highest BCUT2D eigenvalue weighted by molar-refractivity contribution is 5.89. The van der Waals surface area contributed by atoms with Crippen LogP contribution in [0.2, 0.25) is 0 Å². The van der Waals surface area contributed by atoms with Gasteiger partial charge in [0.1, 0.15) is 13.2 Å². The highest BCUT2D eigenvalue weighted by Crippen LogP contribution is 2.14. The van der Waals surface area contributed by atoms with Gasteiger partial charge in [-0.1, -0.05) is 115 Å². The van der Waals surface area contributed by atoms with E-state index in [1.807, 2.05) is 18.2 Å². The van der Waals surface area contributed by atoms with Crippen molar-refractivity contribution in [2.75, 3.05) is 60.2 Å². The number of quaternary nitrogens is 1. The SMILES string of the molecule is CCCCCCCCCCCCCCCCCC[N+](C)(C)CCOCCOCCOC(=O)c1ccccc1.[Br-]. The highest BCUT2D eigenvalue weighted by Gasteiger charge is 2.14. The Morgan fingerprint density at radius 2 is 1.03 bits per heavy atom. The summed E-state index contributed by atoms with van der Waals surface area (Å²) in [4.78, 5) is 11.8. The minimum absolute atomic E-state index is 0. The second kappa shape index (κ2) is 27.2. The third-order valence-electron chi connectivity index (χ3n) is 7.30. The lowest BCUT2D eigenvalue weighted by molar-refractivity contribution is -0.891. The molecule has 0 unspecified atom stereocenters. The fourth-order valence-corrected chi connectivity index (χ4v) is 4.68. The molecule has 39 heavy (non-hydrogen) atoms. The Hall–Kier alpha value is -0.950. The largest absolute Gasteiger partial charge is 1.00 e. The Bertz CT molecular complexity index is 656. The van der Waals surface area contributed by atoms with Crippen LogP contribution in [0.1, 0.15) is 120 Å². The monoisotopic (exact) mass is 613 g/mol. The topological polar surface area (TPSA) is 44.8 Å². The van der Waals surface area contributed by atoms with Crippen LogP contribution in [0.3, 0.4) is 0 Å². The molecular weight excluding hydrogens is 554 g/mol. The van der Waals surface area contributed by atoms with Crippen molar-refractivity contribution in [2.24, 2.45) is 0 Å². The second-order valence-electron chi connectivity index (χ2n) is 11.4. The molecule has 0 spiro atoms. The first-order chi connectivity index (χ1) is 18.5. The maximum Gasteiger partial charge on any atom is 0.338 e. The maximum atomic E-state index is 11.8. The molecule has 0 aliphatic carbocycles. The van der Waals surface area contributed by atoms with Gasteiger partial charge in [-0.15, -0.1) is 0 Å². The van der Waals surface area contributed by atoms with Crippen molar-refractivity contribution in [3.8, 4) is 0 Å². The van der Waals surface area contributed by atoms with E-state index in [0.29, 0.717) is 25.4 Å². The van der Waals surface area contributed by atoms with Crippen LogP contribution >= 0.6 is 0 Å². The van der Waals surface area contributed by atoms with Gasteiger partial charge in [0.2, 0.25) is 0 Å². The molecule has 0 amide bonds.